The number of aromatic nitrogens is 2. The average Bonchev–Trinajstić information content (AvgIpc) is 3.23. The monoisotopic (exact) mass is 511 g/mol. The number of hydrogen-bond donors (Lipinski definition) is 1. The third-order valence-corrected chi connectivity index (χ3v) is 7.47. The normalized spacial score (nSPS) is 14.6. The molecule has 0 radical (unpaired) electrons. The van der Waals surface area contributed by atoms with Crippen LogP contribution in [-0.4, -0.2) is 70.9 Å². The van der Waals surface area contributed by atoms with Crippen molar-refractivity contribution in [3.8, 4) is 0 Å². The number of benzene rings is 1. The number of nitrogens with zero attached hydrogens (tertiary/aromatic N) is 4. The van der Waals surface area contributed by atoms with E-state index in [0.29, 0.717) is 24.7 Å². The van der Waals surface area contributed by atoms with E-state index in [1.54, 1.807) is 7.05 Å². The lowest BCUT2D eigenvalue weighted by Crippen LogP contribution is -2.34. The zero-order valence-corrected chi connectivity index (χ0v) is 23.9. The van der Waals surface area contributed by atoms with E-state index in [4.69, 9.17) is 4.98 Å². The molecule has 7 heteroatoms. The van der Waals surface area contributed by atoms with Gasteiger partial charge >= 0.3 is 0 Å². The predicted molar refractivity (Wildman–Crippen MR) is 152 cm³/mol. The SMILES string of the molecule is CNC(=O)CCc1nc2ccc(C(=O)N(CCC(C)C)CCC(C)C)cc2n1CCCN1CCCCC1. The highest BCUT2D eigenvalue weighted by atomic mass is 16.2. The molecule has 1 fully saturated rings. The van der Waals surface area contributed by atoms with Crippen molar-refractivity contribution in [1.29, 1.82) is 0 Å². The summed E-state index contributed by atoms with van der Waals surface area (Å²) in [6.45, 7) is 14.7. The lowest BCUT2D eigenvalue weighted by Gasteiger charge is -2.26. The summed E-state index contributed by atoms with van der Waals surface area (Å²) in [7, 11) is 1.67. The van der Waals surface area contributed by atoms with Crippen LogP contribution < -0.4 is 5.32 Å². The summed E-state index contributed by atoms with van der Waals surface area (Å²) in [4.78, 5) is 35.1. The van der Waals surface area contributed by atoms with Gasteiger partial charge in [-0.25, -0.2) is 4.98 Å². The molecule has 0 saturated carbocycles. The Morgan fingerprint density at radius 3 is 2.30 bits per heavy atom. The molecule has 1 N–H and O–H groups in total. The maximum Gasteiger partial charge on any atom is 0.253 e. The predicted octanol–water partition coefficient (Wildman–Crippen LogP) is 5.13. The van der Waals surface area contributed by atoms with Gasteiger partial charge in [0.25, 0.3) is 5.91 Å². The Balaban J connectivity index is 1.84. The Labute approximate surface area is 224 Å². The smallest absolute Gasteiger partial charge is 0.253 e. The van der Waals surface area contributed by atoms with Crippen molar-refractivity contribution >= 4 is 22.8 Å². The van der Waals surface area contributed by atoms with Crippen LogP contribution in [0, 0.1) is 11.8 Å². The standard InChI is InChI=1S/C30H49N5O2/c1-23(2)14-20-34(21-15-24(3)4)30(37)25-10-11-26-27(22-25)35(28(32-26)12-13-29(36)31-5)19-9-18-33-16-7-6-8-17-33/h10-11,22-24H,6-9,12-21H2,1-5H3,(H,31,36). The van der Waals surface area contributed by atoms with Gasteiger partial charge in [-0.05, 0) is 81.8 Å². The Morgan fingerprint density at radius 1 is 1.00 bits per heavy atom. The summed E-state index contributed by atoms with van der Waals surface area (Å²) in [5, 5.41) is 2.72. The number of likely N-dealkylation sites (tertiary alicyclic amines) is 1. The van der Waals surface area contributed by atoms with Crippen LogP contribution in [0.1, 0.15) is 88.8 Å². The van der Waals surface area contributed by atoms with Crippen LogP contribution in [0.5, 0.6) is 0 Å². The van der Waals surface area contributed by atoms with Crippen LogP contribution in [0.4, 0.5) is 0 Å². The van der Waals surface area contributed by atoms with Gasteiger partial charge in [-0.1, -0.05) is 34.1 Å². The maximum absolute atomic E-state index is 13.6. The van der Waals surface area contributed by atoms with E-state index in [-0.39, 0.29) is 11.8 Å². The van der Waals surface area contributed by atoms with Crippen molar-refractivity contribution < 1.29 is 9.59 Å². The van der Waals surface area contributed by atoms with Gasteiger partial charge in [-0.3, -0.25) is 9.59 Å². The van der Waals surface area contributed by atoms with E-state index < -0.39 is 0 Å². The molecule has 37 heavy (non-hydrogen) atoms. The first-order valence-corrected chi connectivity index (χ1v) is 14.5. The summed E-state index contributed by atoms with van der Waals surface area (Å²) in [6, 6.07) is 5.94. The molecule has 1 aromatic carbocycles. The van der Waals surface area contributed by atoms with Crippen LogP contribution in [0.2, 0.25) is 0 Å². The third kappa shape index (κ3) is 8.84. The molecule has 2 aromatic rings. The van der Waals surface area contributed by atoms with Crippen LogP contribution in [-0.2, 0) is 17.8 Å². The molecule has 2 amide bonds. The van der Waals surface area contributed by atoms with Gasteiger partial charge < -0.3 is 19.7 Å². The van der Waals surface area contributed by atoms with E-state index in [0.717, 1.165) is 67.9 Å². The van der Waals surface area contributed by atoms with Gasteiger partial charge in [-0.15, -0.1) is 0 Å². The quantitative estimate of drug-likeness (QED) is 0.382. The van der Waals surface area contributed by atoms with Crippen LogP contribution in [0.15, 0.2) is 18.2 Å². The second-order valence-corrected chi connectivity index (χ2v) is 11.5. The lowest BCUT2D eigenvalue weighted by molar-refractivity contribution is -0.120. The molecule has 0 bridgehead atoms. The number of carbonyl (C=O) groups is 2. The molecule has 1 saturated heterocycles. The molecule has 0 aliphatic carbocycles. The van der Waals surface area contributed by atoms with Crippen LogP contribution in [0.25, 0.3) is 11.0 Å². The molecule has 1 aromatic heterocycles. The first kappa shape index (κ1) is 29.2. The number of carbonyl (C=O) groups excluding carboxylic acids is 2. The Kier molecular flexibility index (Phi) is 11.4. The summed E-state index contributed by atoms with van der Waals surface area (Å²) >= 11 is 0. The van der Waals surface area contributed by atoms with Gasteiger partial charge in [0, 0.05) is 45.1 Å². The van der Waals surface area contributed by atoms with Gasteiger partial charge in [0.15, 0.2) is 0 Å². The van der Waals surface area contributed by atoms with Crippen LogP contribution >= 0.6 is 0 Å². The van der Waals surface area contributed by atoms with Crippen molar-refractivity contribution in [2.24, 2.45) is 11.8 Å². The number of hydrogen-bond acceptors (Lipinski definition) is 4. The fraction of sp³-hybridized carbons (Fsp3) is 0.700. The molecule has 2 heterocycles. The van der Waals surface area contributed by atoms with E-state index >= 15 is 0 Å². The van der Waals surface area contributed by atoms with E-state index in [2.05, 4.69) is 42.5 Å². The second kappa shape index (κ2) is 14.5. The van der Waals surface area contributed by atoms with Crippen molar-refractivity contribution in [2.45, 2.75) is 85.6 Å². The summed E-state index contributed by atoms with van der Waals surface area (Å²) in [6.07, 6.45) is 7.97. The summed E-state index contributed by atoms with van der Waals surface area (Å²) in [5.41, 5.74) is 2.64. The third-order valence-electron chi connectivity index (χ3n) is 7.47. The number of aryl methyl sites for hydroxylation is 2. The summed E-state index contributed by atoms with van der Waals surface area (Å²) < 4.78 is 2.26. The minimum absolute atomic E-state index is 0.0220. The Hall–Kier alpha value is -2.41. The minimum atomic E-state index is 0.0220. The fourth-order valence-electron chi connectivity index (χ4n) is 5.06. The topological polar surface area (TPSA) is 70.5 Å². The van der Waals surface area contributed by atoms with E-state index in [1.165, 1.54) is 32.4 Å². The van der Waals surface area contributed by atoms with Crippen LogP contribution in [0.3, 0.4) is 0 Å². The molecule has 3 rings (SSSR count). The van der Waals surface area contributed by atoms with Crippen molar-refractivity contribution in [2.75, 3.05) is 39.8 Å². The van der Waals surface area contributed by atoms with Gasteiger partial charge in [-0.2, -0.15) is 0 Å². The highest BCUT2D eigenvalue weighted by Crippen LogP contribution is 2.22. The van der Waals surface area contributed by atoms with Gasteiger partial charge in [0.05, 0.1) is 11.0 Å². The molecule has 1 aliphatic rings. The average molecular weight is 512 g/mol. The first-order valence-electron chi connectivity index (χ1n) is 14.5. The number of amides is 2. The minimum Gasteiger partial charge on any atom is -0.359 e. The molecule has 206 valence electrons. The largest absolute Gasteiger partial charge is 0.359 e. The van der Waals surface area contributed by atoms with Crippen molar-refractivity contribution in [1.82, 2.24) is 24.7 Å². The van der Waals surface area contributed by atoms with Crippen molar-refractivity contribution in [3.05, 3.63) is 29.6 Å². The summed E-state index contributed by atoms with van der Waals surface area (Å²) in [5.74, 6) is 2.17. The fourth-order valence-corrected chi connectivity index (χ4v) is 5.06. The highest BCUT2D eigenvalue weighted by molar-refractivity contribution is 5.97. The number of piperidine rings is 1. The first-order chi connectivity index (χ1) is 17.8. The molecule has 0 atom stereocenters. The zero-order valence-electron chi connectivity index (χ0n) is 23.9. The number of fused-ring (bicyclic) bond motifs is 1. The number of imidazole rings is 1. The Bertz CT molecular complexity index is 995. The molecule has 0 spiro atoms. The molecule has 0 unspecified atom stereocenters. The molecular formula is C30H49N5O2. The maximum atomic E-state index is 13.6. The number of nitrogens with one attached hydrogen (secondary N) is 1. The number of rotatable bonds is 14. The highest BCUT2D eigenvalue weighted by Gasteiger charge is 2.20. The lowest BCUT2D eigenvalue weighted by atomic mass is 10.1. The zero-order chi connectivity index (χ0) is 26.8. The second-order valence-electron chi connectivity index (χ2n) is 11.5. The van der Waals surface area contributed by atoms with Gasteiger partial charge in [0.1, 0.15) is 5.82 Å². The Morgan fingerprint density at radius 2 is 1.68 bits per heavy atom. The van der Waals surface area contributed by atoms with E-state index in [1.807, 2.05) is 23.1 Å². The van der Waals surface area contributed by atoms with E-state index in [9.17, 15) is 9.59 Å². The molecule has 1 aliphatic heterocycles. The molecule has 7 nitrogen and oxygen atoms in total. The van der Waals surface area contributed by atoms with Crippen molar-refractivity contribution in [3.63, 3.8) is 0 Å². The molecular weight excluding hydrogens is 462 g/mol. The van der Waals surface area contributed by atoms with Gasteiger partial charge in [0.2, 0.25) is 5.91 Å².